The molecule has 4 heterocycles. The van der Waals surface area contributed by atoms with Crippen LogP contribution in [0.2, 0.25) is 0 Å². The fraction of sp³-hybridized carbons (Fsp3) is 0.286. The van der Waals surface area contributed by atoms with Crippen LogP contribution in [0.4, 0.5) is 5.69 Å². The molecule has 0 N–H and O–H groups in total. The van der Waals surface area contributed by atoms with E-state index < -0.39 is 0 Å². The lowest BCUT2D eigenvalue weighted by Crippen LogP contribution is -2.48. The van der Waals surface area contributed by atoms with E-state index in [1.165, 1.54) is 6.08 Å². The number of nitrogens with zero attached hydrogens (tertiary/aromatic N) is 7. The van der Waals surface area contributed by atoms with Crippen molar-refractivity contribution in [1.82, 2.24) is 24.3 Å². The van der Waals surface area contributed by atoms with Gasteiger partial charge in [0.2, 0.25) is 5.91 Å². The minimum Gasteiger partial charge on any atom is -0.368 e. The number of fused-ring (bicyclic) bond motifs is 1. The molecular weight excluding hydrogens is 450 g/mol. The average Bonchev–Trinajstić information content (AvgIpc) is 3.55. The smallest absolute Gasteiger partial charge is 0.246 e. The first-order chi connectivity index (χ1) is 17.3. The largest absolute Gasteiger partial charge is 0.368 e. The lowest BCUT2D eigenvalue weighted by molar-refractivity contribution is -0.126. The van der Waals surface area contributed by atoms with Gasteiger partial charge in [0.05, 0.1) is 29.0 Å². The van der Waals surface area contributed by atoms with Gasteiger partial charge in [-0.25, -0.2) is 4.52 Å². The molecule has 5 rings (SSSR count). The van der Waals surface area contributed by atoms with Gasteiger partial charge in [0, 0.05) is 61.0 Å². The van der Waals surface area contributed by atoms with E-state index in [0.29, 0.717) is 18.7 Å². The van der Waals surface area contributed by atoms with Gasteiger partial charge < -0.3 is 9.80 Å². The number of benzene rings is 1. The Hall–Kier alpha value is -4.38. The maximum absolute atomic E-state index is 11.9. The number of anilines is 1. The van der Waals surface area contributed by atoms with Gasteiger partial charge in [-0.3, -0.25) is 9.48 Å². The molecule has 4 aromatic rings. The van der Waals surface area contributed by atoms with Crippen molar-refractivity contribution in [2.24, 2.45) is 0 Å². The summed E-state index contributed by atoms with van der Waals surface area (Å²) in [5.74, 6) is -0.0176. The van der Waals surface area contributed by atoms with E-state index in [1.807, 2.05) is 28.2 Å². The molecule has 1 amide bonds. The van der Waals surface area contributed by atoms with Crippen LogP contribution in [0.15, 0.2) is 67.8 Å². The first kappa shape index (κ1) is 23.4. The van der Waals surface area contributed by atoms with Gasteiger partial charge in [-0.15, -0.1) is 0 Å². The van der Waals surface area contributed by atoms with Crippen LogP contribution in [-0.2, 0) is 10.3 Å². The van der Waals surface area contributed by atoms with Gasteiger partial charge in [-0.2, -0.15) is 15.5 Å². The van der Waals surface area contributed by atoms with Crippen LogP contribution in [0.3, 0.4) is 0 Å². The Morgan fingerprint density at radius 2 is 1.72 bits per heavy atom. The number of aromatic nitrogens is 4. The van der Waals surface area contributed by atoms with Gasteiger partial charge in [0.15, 0.2) is 0 Å². The lowest BCUT2D eigenvalue weighted by atomic mass is 9.99. The van der Waals surface area contributed by atoms with Crippen LogP contribution >= 0.6 is 0 Å². The summed E-state index contributed by atoms with van der Waals surface area (Å²) in [6.07, 6.45) is 8.84. The van der Waals surface area contributed by atoms with Gasteiger partial charge in [0.25, 0.3) is 0 Å². The number of hydrogen-bond donors (Lipinski definition) is 0. The minimum absolute atomic E-state index is 0.0176. The highest BCUT2D eigenvalue weighted by molar-refractivity contribution is 5.88. The van der Waals surface area contributed by atoms with Crippen LogP contribution < -0.4 is 4.90 Å². The van der Waals surface area contributed by atoms with E-state index in [9.17, 15) is 10.1 Å². The zero-order valence-corrected chi connectivity index (χ0v) is 20.8. The number of hydrogen-bond acceptors (Lipinski definition) is 5. The number of carbonyl (C=O) groups is 1. The van der Waals surface area contributed by atoms with Crippen LogP contribution in [0, 0.1) is 11.3 Å². The quantitative estimate of drug-likeness (QED) is 0.407. The maximum Gasteiger partial charge on any atom is 0.246 e. The molecule has 1 aliphatic rings. The predicted molar refractivity (Wildman–Crippen MR) is 141 cm³/mol. The Morgan fingerprint density at radius 1 is 1.00 bits per heavy atom. The van der Waals surface area contributed by atoms with Crippen molar-refractivity contribution in [1.29, 1.82) is 5.26 Å². The third kappa shape index (κ3) is 4.24. The van der Waals surface area contributed by atoms with Crippen molar-refractivity contribution in [2.75, 3.05) is 31.1 Å². The highest BCUT2D eigenvalue weighted by Crippen LogP contribution is 2.33. The molecule has 1 saturated heterocycles. The molecule has 1 aromatic carbocycles. The molecule has 0 saturated carbocycles. The van der Waals surface area contributed by atoms with Crippen molar-refractivity contribution < 1.29 is 4.79 Å². The van der Waals surface area contributed by atoms with Crippen molar-refractivity contribution >= 4 is 17.1 Å². The highest BCUT2D eigenvalue weighted by atomic mass is 16.2. The number of carbonyl (C=O) groups excluding carboxylic acids is 1. The van der Waals surface area contributed by atoms with Crippen molar-refractivity contribution in [2.45, 2.75) is 26.3 Å². The van der Waals surface area contributed by atoms with Crippen LogP contribution in [-0.4, -0.2) is 56.4 Å². The molecule has 8 nitrogen and oxygen atoms in total. The second-order valence-corrected chi connectivity index (χ2v) is 10.0. The summed E-state index contributed by atoms with van der Waals surface area (Å²) in [4.78, 5) is 16.0. The number of pyridine rings is 1. The summed E-state index contributed by atoms with van der Waals surface area (Å²) in [6.45, 7) is 12.8. The minimum atomic E-state index is -0.120. The van der Waals surface area contributed by atoms with E-state index in [2.05, 4.69) is 78.8 Å². The van der Waals surface area contributed by atoms with E-state index in [1.54, 1.807) is 10.7 Å². The first-order valence-electron chi connectivity index (χ1n) is 12.0. The third-order valence-electron chi connectivity index (χ3n) is 6.64. The molecule has 1 aliphatic heterocycles. The highest BCUT2D eigenvalue weighted by Gasteiger charge is 2.21. The number of piperazine rings is 1. The first-order valence-corrected chi connectivity index (χ1v) is 12.0. The molecule has 0 aliphatic carbocycles. The Labute approximate surface area is 210 Å². The normalized spacial score (nSPS) is 14.2. The lowest BCUT2D eigenvalue weighted by Gasteiger charge is -2.35. The second-order valence-electron chi connectivity index (χ2n) is 10.0. The molecular formula is C28H29N7O. The molecule has 1 fully saturated rings. The summed E-state index contributed by atoms with van der Waals surface area (Å²) in [5.41, 5.74) is 6.23. The van der Waals surface area contributed by atoms with Crippen molar-refractivity contribution in [3.8, 4) is 28.3 Å². The molecule has 0 radical (unpaired) electrons. The van der Waals surface area contributed by atoms with Crippen LogP contribution in [0.5, 0.6) is 0 Å². The number of rotatable bonds is 4. The molecule has 182 valence electrons. The summed E-state index contributed by atoms with van der Waals surface area (Å²) in [5, 5.41) is 18.7. The standard InChI is InChI=1S/C28H29N7O/c1-5-26(36)33-12-10-32(11-13-33)24-8-6-20(7-9-24)25-14-21(18-34-27(25)22(15-29)16-30-34)23-17-31-35(19-23)28(2,3)4/h5-9,14,16-19H,1,10-13H2,2-4H3. The Balaban J connectivity index is 1.49. The molecule has 3 aromatic heterocycles. The Morgan fingerprint density at radius 3 is 2.33 bits per heavy atom. The van der Waals surface area contributed by atoms with Gasteiger partial charge >= 0.3 is 0 Å². The zero-order chi connectivity index (χ0) is 25.4. The van der Waals surface area contributed by atoms with Gasteiger partial charge in [-0.05, 0) is 50.6 Å². The summed E-state index contributed by atoms with van der Waals surface area (Å²) in [7, 11) is 0. The second kappa shape index (κ2) is 9.00. The molecule has 0 atom stereocenters. The van der Waals surface area contributed by atoms with E-state index in [-0.39, 0.29) is 11.4 Å². The summed E-state index contributed by atoms with van der Waals surface area (Å²) in [6, 6.07) is 12.8. The molecule has 8 heteroatoms. The molecule has 0 unspecified atom stereocenters. The Kier molecular flexibility index (Phi) is 5.84. The Bertz CT molecular complexity index is 1470. The van der Waals surface area contributed by atoms with Crippen molar-refractivity contribution in [3.05, 3.63) is 73.3 Å². The topological polar surface area (TPSA) is 82.5 Å². The van der Waals surface area contributed by atoms with Gasteiger partial charge in [0.1, 0.15) is 6.07 Å². The van der Waals surface area contributed by atoms with Crippen molar-refractivity contribution in [3.63, 3.8) is 0 Å². The average molecular weight is 480 g/mol. The fourth-order valence-electron chi connectivity index (χ4n) is 4.59. The summed E-state index contributed by atoms with van der Waals surface area (Å²) >= 11 is 0. The number of nitriles is 1. The number of amides is 1. The SMILES string of the molecule is C=CC(=O)N1CCN(c2ccc(-c3cc(-c4cnn(C(C)(C)C)c4)cn4ncc(C#N)c34)cc2)CC1. The fourth-order valence-corrected chi connectivity index (χ4v) is 4.59. The molecule has 0 spiro atoms. The monoisotopic (exact) mass is 479 g/mol. The molecule has 36 heavy (non-hydrogen) atoms. The van der Waals surface area contributed by atoms with Crippen LogP contribution in [0.25, 0.3) is 27.8 Å². The van der Waals surface area contributed by atoms with Gasteiger partial charge in [-0.1, -0.05) is 18.7 Å². The van der Waals surface area contributed by atoms with Crippen LogP contribution in [0.1, 0.15) is 26.3 Å². The maximum atomic E-state index is 11.9. The summed E-state index contributed by atoms with van der Waals surface area (Å²) < 4.78 is 3.73. The third-order valence-corrected chi connectivity index (χ3v) is 6.64. The zero-order valence-electron chi connectivity index (χ0n) is 20.8. The molecule has 0 bridgehead atoms. The van der Waals surface area contributed by atoms with E-state index in [0.717, 1.165) is 46.5 Å². The predicted octanol–water partition coefficient (Wildman–Crippen LogP) is 4.33. The van der Waals surface area contributed by atoms with E-state index >= 15 is 0 Å². The van der Waals surface area contributed by atoms with E-state index in [4.69, 9.17) is 0 Å².